The molecule has 0 aromatic heterocycles. The molecule has 1 aromatic rings. The van der Waals surface area contributed by atoms with E-state index in [0.717, 1.165) is 5.56 Å². The maximum absolute atomic E-state index is 11.5. The van der Waals surface area contributed by atoms with Crippen molar-refractivity contribution in [3.05, 3.63) is 35.9 Å². The molecule has 0 fully saturated rings. The number of nitrogens with two attached hydrogens (primary N) is 1. The minimum Gasteiger partial charge on any atom is -0.355 e. The molecular formula is C13H20N2O2S. The molecule has 0 radical (unpaired) electrons. The molecule has 2 atom stereocenters. The van der Waals surface area contributed by atoms with Crippen LogP contribution in [0.4, 0.5) is 0 Å². The molecule has 0 aliphatic heterocycles. The van der Waals surface area contributed by atoms with Crippen LogP contribution in [0.2, 0.25) is 0 Å². The lowest BCUT2D eigenvalue weighted by molar-refractivity contribution is -0.121. The van der Waals surface area contributed by atoms with Crippen LogP contribution < -0.4 is 11.1 Å². The van der Waals surface area contributed by atoms with Crippen LogP contribution in [0.15, 0.2) is 30.3 Å². The zero-order valence-corrected chi connectivity index (χ0v) is 11.4. The Bertz CT molecular complexity index is 395. The lowest BCUT2D eigenvalue weighted by Crippen LogP contribution is -2.28. The van der Waals surface area contributed by atoms with Gasteiger partial charge >= 0.3 is 0 Å². The van der Waals surface area contributed by atoms with E-state index >= 15 is 0 Å². The number of carbonyl (C=O) groups excluding carboxylic acids is 1. The van der Waals surface area contributed by atoms with E-state index in [1.54, 1.807) is 6.26 Å². The van der Waals surface area contributed by atoms with Gasteiger partial charge in [-0.2, -0.15) is 0 Å². The van der Waals surface area contributed by atoms with Crippen molar-refractivity contribution >= 4 is 16.7 Å². The van der Waals surface area contributed by atoms with E-state index in [2.05, 4.69) is 5.32 Å². The summed E-state index contributed by atoms with van der Waals surface area (Å²) in [6, 6.07) is 9.62. The minimum atomic E-state index is -0.864. The molecule has 1 aromatic carbocycles. The fourth-order valence-corrected chi connectivity index (χ4v) is 1.97. The van der Waals surface area contributed by atoms with E-state index in [1.807, 2.05) is 30.3 Å². The number of nitrogens with one attached hydrogen (secondary N) is 1. The van der Waals surface area contributed by atoms with E-state index < -0.39 is 10.8 Å². The molecule has 100 valence electrons. The van der Waals surface area contributed by atoms with Crippen molar-refractivity contribution < 1.29 is 9.00 Å². The van der Waals surface area contributed by atoms with Gasteiger partial charge < -0.3 is 11.1 Å². The summed E-state index contributed by atoms with van der Waals surface area (Å²) < 4.78 is 10.8. The second kappa shape index (κ2) is 8.00. The highest BCUT2D eigenvalue weighted by molar-refractivity contribution is 7.84. The monoisotopic (exact) mass is 268 g/mol. The zero-order chi connectivity index (χ0) is 13.4. The summed E-state index contributed by atoms with van der Waals surface area (Å²) in [7, 11) is -0.864. The smallest absolute Gasteiger partial charge is 0.220 e. The number of amides is 1. The molecule has 0 spiro atoms. The van der Waals surface area contributed by atoms with Gasteiger partial charge in [0, 0.05) is 41.8 Å². The van der Waals surface area contributed by atoms with Crippen molar-refractivity contribution in [1.29, 1.82) is 0 Å². The van der Waals surface area contributed by atoms with Gasteiger partial charge in [-0.15, -0.1) is 0 Å². The Balaban J connectivity index is 2.24. The standard InChI is InChI=1S/C13H20N2O2S/c1-18(17)10-9-15-13(16)8-7-12(14)11-5-3-2-4-6-11/h2-6,12H,7-10,14H2,1H3,(H,15,16). The first-order valence-corrected chi connectivity index (χ1v) is 7.69. The minimum absolute atomic E-state index is 0.0353. The zero-order valence-electron chi connectivity index (χ0n) is 10.6. The van der Waals surface area contributed by atoms with Gasteiger partial charge in [0.25, 0.3) is 0 Å². The van der Waals surface area contributed by atoms with Crippen molar-refractivity contribution in [2.24, 2.45) is 5.73 Å². The largest absolute Gasteiger partial charge is 0.355 e. The number of hydrogen-bond acceptors (Lipinski definition) is 3. The van der Waals surface area contributed by atoms with E-state index in [9.17, 15) is 9.00 Å². The molecule has 2 unspecified atom stereocenters. The van der Waals surface area contributed by atoms with Gasteiger partial charge in [-0.05, 0) is 12.0 Å². The molecule has 0 saturated carbocycles. The molecule has 1 rings (SSSR count). The van der Waals surface area contributed by atoms with Crippen LogP contribution in [0.5, 0.6) is 0 Å². The Labute approximate surface area is 110 Å². The van der Waals surface area contributed by atoms with Crippen LogP contribution in [-0.4, -0.2) is 28.7 Å². The van der Waals surface area contributed by atoms with E-state index in [4.69, 9.17) is 5.73 Å². The summed E-state index contributed by atoms with van der Waals surface area (Å²) >= 11 is 0. The molecule has 1 amide bonds. The summed E-state index contributed by atoms with van der Waals surface area (Å²) in [6.45, 7) is 0.461. The molecule has 0 heterocycles. The fourth-order valence-electron chi connectivity index (χ4n) is 1.58. The topological polar surface area (TPSA) is 72.2 Å². The van der Waals surface area contributed by atoms with E-state index in [1.165, 1.54) is 0 Å². The van der Waals surface area contributed by atoms with Gasteiger partial charge in [-0.1, -0.05) is 30.3 Å². The maximum atomic E-state index is 11.5. The summed E-state index contributed by atoms with van der Waals surface area (Å²) in [5.74, 6) is 0.461. The molecule has 3 N–H and O–H groups in total. The normalized spacial score (nSPS) is 13.9. The van der Waals surface area contributed by atoms with Crippen molar-refractivity contribution in [2.75, 3.05) is 18.6 Å². The van der Waals surface area contributed by atoms with Gasteiger partial charge in [-0.3, -0.25) is 9.00 Å². The van der Waals surface area contributed by atoms with Crippen molar-refractivity contribution in [2.45, 2.75) is 18.9 Å². The molecule has 0 aliphatic carbocycles. The van der Waals surface area contributed by atoms with Crippen LogP contribution in [-0.2, 0) is 15.6 Å². The third kappa shape index (κ3) is 5.93. The number of benzene rings is 1. The highest BCUT2D eigenvalue weighted by Gasteiger charge is 2.08. The molecule has 0 aliphatic rings. The average molecular weight is 268 g/mol. The van der Waals surface area contributed by atoms with Crippen LogP contribution in [0.1, 0.15) is 24.4 Å². The Morgan fingerprint density at radius 2 is 2.06 bits per heavy atom. The average Bonchev–Trinajstić information content (AvgIpc) is 2.36. The van der Waals surface area contributed by atoms with E-state index in [-0.39, 0.29) is 11.9 Å². The second-order valence-corrected chi connectivity index (χ2v) is 5.74. The summed E-state index contributed by atoms with van der Waals surface area (Å²) in [5.41, 5.74) is 7.03. The van der Waals surface area contributed by atoms with Gasteiger partial charge in [0.15, 0.2) is 0 Å². The Morgan fingerprint density at radius 1 is 1.39 bits per heavy atom. The number of rotatable bonds is 7. The second-order valence-electron chi connectivity index (χ2n) is 4.18. The maximum Gasteiger partial charge on any atom is 0.220 e. The van der Waals surface area contributed by atoms with Crippen LogP contribution in [0.25, 0.3) is 0 Å². The number of carbonyl (C=O) groups is 1. The van der Waals surface area contributed by atoms with Gasteiger partial charge in [0.1, 0.15) is 0 Å². The van der Waals surface area contributed by atoms with Crippen molar-refractivity contribution in [1.82, 2.24) is 5.32 Å². The Kier molecular flexibility index (Phi) is 6.60. The first-order chi connectivity index (χ1) is 8.59. The van der Waals surface area contributed by atoms with Crippen molar-refractivity contribution in [3.8, 4) is 0 Å². The van der Waals surface area contributed by atoms with Gasteiger partial charge in [-0.25, -0.2) is 0 Å². The molecule has 18 heavy (non-hydrogen) atoms. The predicted molar refractivity (Wildman–Crippen MR) is 74.5 cm³/mol. The fraction of sp³-hybridized carbons (Fsp3) is 0.462. The first kappa shape index (κ1) is 14.9. The molecular weight excluding hydrogens is 248 g/mol. The first-order valence-electron chi connectivity index (χ1n) is 5.97. The summed E-state index contributed by atoms with van der Waals surface area (Å²) in [6.07, 6.45) is 2.63. The molecule has 4 nitrogen and oxygen atoms in total. The predicted octanol–water partition coefficient (Wildman–Crippen LogP) is 0.961. The van der Waals surface area contributed by atoms with Gasteiger partial charge in [0.05, 0.1) is 0 Å². The lowest BCUT2D eigenvalue weighted by Gasteiger charge is -2.11. The third-order valence-electron chi connectivity index (χ3n) is 2.62. The van der Waals surface area contributed by atoms with Crippen LogP contribution in [0.3, 0.4) is 0 Å². The Morgan fingerprint density at radius 3 is 2.67 bits per heavy atom. The molecule has 0 saturated heterocycles. The SMILES string of the molecule is CS(=O)CCNC(=O)CCC(N)c1ccccc1. The highest BCUT2D eigenvalue weighted by atomic mass is 32.2. The van der Waals surface area contributed by atoms with Gasteiger partial charge in [0.2, 0.25) is 5.91 Å². The quantitative estimate of drug-likeness (QED) is 0.773. The number of hydrogen-bond donors (Lipinski definition) is 2. The van der Waals surface area contributed by atoms with E-state index in [0.29, 0.717) is 25.1 Å². The highest BCUT2D eigenvalue weighted by Crippen LogP contribution is 2.14. The summed E-state index contributed by atoms with van der Waals surface area (Å²) in [5, 5.41) is 2.73. The summed E-state index contributed by atoms with van der Waals surface area (Å²) in [4.78, 5) is 11.5. The molecule has 5 heteroatoms. The Hall–Kier alpha value is -1.20. The van der Waals surface area contributed by atoms with Crippen LogP contribution >= 0.6 is 0 Å². The van der Waals surface area contributed by atoms with Crippen LogP contribution in [0, 0.1) is 0 Å². The lowest BCUT2D eigenvalue weighted by atomic mass is 10.0. The third-order valence-corrected chi connectivity index (χ3v) is 3.40. The molecule has 0 bridgehead atoms. The van der Waals surface area contributed by atoms with Crippen molar-refractivity contribution in [3.63, 3.8) is 0 Å².